The maximum Gasteiger partial charge on any atom is 0.237 e. The predicted molar refractivity (Wildman–Crippen MR) is 81.3 cm³/mol. The molecule has 0 radical (unpaired) electrons. The topological polar surface area (TPSA) is 0 Å². The number of halogens is 4. The first-order valence-corrected chi connectivity index (χ1v) is 7.99. The summed E-state index contributed by atoms with van der Waals surface area (Å²) in [5.41, 5.74) is 0. The molecule has 0 saturated carbocycles. The fraction of sp³-hybridized carbons (Fsp3) is 0. The second kappa shape index (κ2) is 6.46. The van der Waals surface area contributed by atoms with Gasteiger partial charge in [-0.05, 0) is 36.4 Å². The first-order valence-electron chi connectivity index (χ1n) is 6.77. The highest BCUT2D eigenvalue weighted by Gasteiger charge is 2.39. The quantitative estimate of drug-likeness (QED) is 0.448. The molecule has 3 rings (SSSR count). The summed E-state index contributed by atoms with van der Waals surface area (Å²) < 4.78 is 57.0. The van der Waals surface area contributed by atoms with Crippen LogP contribution in [0.3, 0.4) is 0 Å². The number of rotatable bonds is 3. The zero-order valence-corrected chi connectivity index (χ0v) is 12.6. The molecule has 0 amide bonds. The molecular weight excluding hydrogens is 324 g/mol. The van der Waals surface area contributed by atoms with E-state index in [2.05, 4.69) is 0 Å². The van der Waals surface area contributed by atoms with Crippen LogP contribution in [-0.2, 0) is 10.9 Å². The Morgan fingerprint density at radius 3 is 1.30 bits per heavy atom. The van der Waals surface area contributed by atoms with Crippen LogP contribution < -0.4 is 0 Å². The van der Waals surface area contributed by atoms with Gasteiger partial charge < -0.3 is 0 Å². The number of hydrogen-bond donors (Lipinski definition) is 0. The predicted octanol–water partition coefficient (Wildman–Crippen LogP) is 5.34. The molecule has 0 fully saturated rings. The van der Waals surface area contributed by atoms with Crippen molar-refractivity contribution in [1.82, 2.24) is 0 Å². The monoisotopic (exact) mass is 335 g/mol. The summed E-state index contributed by atoms with van der Waals surface area (Å²) in [6, 6.07) is 14.6. The maximum absolute atomic E-state index is 14.3. The molecule has 0 aromatic heterocycles. The smallest absolute Gasteiger partial charge is 0.201 e. The van der Waals surface area contributed by atoms with E-state index in [1.807, 2.05) is 0 Å². The van der Waals surface area contributed by atoms with Crippen LogP contribution in [0.4, 0.5) is 17.6 Å². The van der Waals surface area contributed by atoms with E-state index in [-0.39, 0.29) is 14.7 Å². The lowest BCUT2D eigenvalue weighted by Gasteiger charge is -2.10. The largest absolute Gasteiger partial charge is 0.237 e. The van der Waals surface area contributed by atoms with Gasteiger partial charge in [0.2, 0.25) is 14.7 Å². The fourth-order valence-corrected chi connectivity index (χ4v) is 4.39. The van der Waals surface area contributed by atoms with Gasteiger partial charge in [0, 0.05) is 0 Å². The van der Waals surface area contributed by atoms with Gasteiger partial charge in [-0.15, -0.1) is 0 Å². The molecule has 0 aliphatic heterocycles. The molecular formula is C18H11F4S+. The lowest BCUT2D eigenvalue weighted by atomic mass is 10.3. The Balaban J connectivity index is 2.32. The van der Waals surface area contributed by atoms with Crippen LogP contribution in [0, 0.1) is 23.3 Å². The molecule has 3 aromatic carbocycles. The van der Waals surface area contributed by atoms with Crippen molar-refractivity contribution in [2.45, 2.75) is 14.7 Å². The van der Waals surface area contributed by atoms with Crippen LogP contribution in [0.15, 0.2) is 81.4 Å². The van der Waals surface area contributed by atoms with Crippen LogP contribution in [0.2, 0.25) is 0 Å². The summed E-state index contributed by atoms with van der Waals surface area (Å²) in [6.45, 7) is 0. The highest BCUT2D eigenvalue weighted by molar-refractivity contribution is 7.97. The van der Waals surface area contributed by atoms with Crippen LogP contribution in [0.25, 0.3) is 0 Å². The van der Waals surface area contributed by atoms with Crippen LogP contribution in [-0.4, -0.2) is 0 Å². The van der Waals surface area contributed by atoms with Crippen molar-refractivity contribution in [3.63, 3.8) is 0 Å². The Kier molecular flexibility index (Phi) is 4.39. The van der Waals surface area contributed by atoms with Crippen LogP contribution in [0.1, 0.15) is 0 Å². The van der Waals surface area contributed by atoms with Gasteiger partial charge in [-0.2, -0.15) is 0 Å². The zero-order valence-electron chi connectivity index (χ0n) is 11.8. The Labute approximate surface area is 133 Å². The third-order valence-electron chi connectivity index (χ3n) is 3.24. The molecule has 3 aromatic rings. The first-order chi connectivity index (χ1) is 11.1. The standard InChI is InChI=1S/C18H11F4S/c19-12-6-1-3-10-16(12)23(17-11-4-2-7-13(17)20)18-14(21)8-5-9-15(18)22/h1-11H/q+1. The summed E-state index contributed by atoms with van der Waals surface area (Å²) in [4.78, 5) is -0.258. The molecule has 0 atom stereocenters. The van der Waals surface area contributed by atoms with E-state index in [1.54, 1.807) is 12.1 Å². The summed E-state index contributed by atoms with van der Waals surface area (Å²) in [7, 11) is -1.56. The second-order valence-corrected chi connectivity index (χ2v) is 6.62. The molecule has 0 aliphatic rings. The zero-order chi connectivity index (χ0) is 16.4. The van der Waals surface area contributed by atoms with Crippen LogP contribution >= 0.6 is 0 Å². The molecule has 23 heavy (non-hydrogen) atoms. The van der Waals surface area contributed by atoms with Gasteiger partial charge in [-0.1, -0.05) is 30.3 Å². The van der Waals surface area contributed by atoms with Crippen molar-refractivity contribution in [1.29, 1.82) is 0 Å². The van der Waals surface area contributed by atoms with Crippen LogP contribution in [0.5, 0.6) is 0 Å². The van der Waals surface area contributed by atoms with Gasteiger partial charge in [0.05, 0.1) is 0 Å². The van der Waals surface area contributed by atoms with Crippen molar-refractivity contribution in [3.8, 4) is 0 Å². The molecule has 0 spiro atoms. The van der Waals surface area contributed by atoms with Gasteiger partial charge in [0.15, 0.2) is 23.3 Å². The van der Waals surface area contributed by atoms with Gasteiger partial charge in [-0.25, -0.2) is 17.6 Å². The molecule has 0 heterocycles. The van der Waals surface area contributed by atoms with E-state index in [4.69, 9.17) is 0 Å². The van der Waals surface area contributed by atoms with Crippen molar-refractivity contribution in [2.75, 3.05) is 0 Å². The van der Waals surface area contributed by atoms with E-state index in [0.717, 1.165) is 12.1 Å². The molecule has 0 N–H and O–H groups in total. The normalized spacial score (nSPS) is 11.0. The lowest BCUT2D eigenvalue weighted by molar-refractivity contribution is 0.536. The highest BCUT2D eigenvalue weighted by atomic mass is 32.2. The SMILES string of the molecule is Fc1ccccc1[S+](c1ccccc1F)c1c(F)cccc1F. The molecule has 5 heteroatoms. The summed E-state index contributed by atoms with van der Waals surface area (Å²) in [5, 5.41) is 0. The highest BCUT2D eigenvalue weighted by Crippen LogP contribution is 2.36. The second-order valence-electron chi connectivity index (χ2n) is 4.72. The molecule has 0 nitrogen and oxygen atoms in total. The summed E-state index contributed by atoms with van der Waals surface area (Å²) in [5.74, 6) is -2.94. The average Bonchev–Trinajstić information content (AvgIpc) is 2.53. The molecule has 0 aliphatic carbocycles. The molecule has 0 unspecified atom stereocenters. The Morgan fingerprint density at radius 2 is 0.870 bits per heavy atom. The Hall–Kier alpha value is -2.27. The van der Waals surface area contributed by atoms with Crippen molar-refractivity contribution < 1.29 is 17.6 Å². The summed E-state index contributed by atoms with van der Waals surface area (Å²) >= 11 is 0. The van der Waals surface area contributed by atoms with Gasteiger partial charge >= 0.3 is 0 Å². The number of hydrogen-bond acceptors (Lipinski definition) is 0. The molecule has 0 saturated heterocycles. The van der Waals surface area contributed by atoms with Gasteiger partial charge in [0.1, 0.15) is 10.9 Å². The van der Waals surface area contributed by atoms with Crippen molar-refractivity contribution in [2.24, 2.45) is 0 Å². The average molecular weight is 335 g/mol. The van der Waals surface area contributed by atoms with E-state index in [1.165, 1.54) is 42.5 Å². The van der Waals surface area contributed by atoms with Gasteiger partial charge in [-0.3, -0.25) is 0 Å². The van der Waals surface area contributed by atoms with Crippen molar-refractivity contribution >= 4 is 10.9 Å². The molecule has 116 valence electrons. The van der Waals surface area contributed by atoms with Gasteiger partial charge in [0.25, 0.3) is 0 Å². The Bertz CT molecular complexity index is 782. The van der Waals surface area contributed by atoms with E-state index < -0.39 is 34.2 Å². The summed E-state index contributed by atoms with van der Waals surface area (Å²) in [6.07, 6.45) is 0. The Morgan fingerprint density at radius 1 is 0.478 bits per heavy atom. The molecule has 0 bridgehead atoms. The van der Waals surface area contributed by atoms with E-state index >= 15 is 0 Å². The van der Waals surface area contributed by atoms with Crippen molar-refractivity contribution in [3.05, 3.63) is 90.0 Å². The lowest BCUT2D eigenvalue weighted by Crippen LogP contribution is -2.12. The fourth-order valence-electron chi connectivity index (χ4n) is 2.24. The number of benzene rings is 3. The third kappa shape index (κ3) is 2.97. The van der Waals surface area contributed by atoms with E-state index in [0.29, 0.717) is 0 Å². The third-order valence-corrected chi connectivity index (χ3v) is 5.58. The minimum absolute atomic E-state index is 0.0431. The van der Waals surface area contributed by atoms with E-state index in [9.17, 15) is 17.6 Å². The minimum Gasteiger partial charge on any atom is -0.201 e. The maximum atomic E-state index is 14.3. The first kappa shape index (κ1) is 15.6. The minimum atomic E-state index is -1.56.